The fourth-order valence-electron chi connectivity index (χ4n) is 3.88. The van der Waals surface area contributed by atoms with Crippen molar-refractivity contribution in [3.05, 3.63) is 34.3 Å². The number of carbonyl (C=O) groups excluding carboxylic acids is 2. The van der Waals surface area contributed by atoms with Crippen LogP contribution in [0.1, 0.15) is 44.2 Å². The van der Waals surface area contributed by atoms with E-state index in [0.717, 1.165) is 0 Å². The van der Waals surface area contributed by atoms with Gasteiger partial charge >= 0.3 is 6.09 Å². The van der Waals surface area contributed by atoms with Crippen molar-refractivity contribution < 1.29 is 24.6 Å². The van der Waals surface area contributed by atoms with Gasteiger partial charge < -0.3 is 25.7 Å². The maximum absolute atomic E-state index is 12.8. The fourth-order valence-corrected chi connectivity index (χ4v) is 4.08. The van der Waals surface area contributed by atoms with Crippen molar-refractivity contribution in [3.8, 4) is 0 Å². The van der Waals surface area contributed by atoms with Gasteiger partial charge in [-0.05, 0) is 42.5 Å². The van der Waals surface area contributed by atoms with Crippen molar-refractivity contribution in [2.24, 2.45) is 5.41 Å². The lowest BCUT2D eigenvalue weighted by Gasteiger charge is -2.27. The molecule has 3 amide bonds. The van der Waals surface area contributed by atoms with Gasteiger partial charge in [0.1, 0.15) is 11.6 Å². The average molecular weight is 424 g/mol. The Balaban J connectivity index is 1.65. The lowest BCUT2D eigenvalue weighted by molar-refractivity contribution is -0.149. The third-order valence-electron chi connectivity index (χ3n) is 5.91. The molecule has 1 aromatic rings. The number of likely N-dealkylation sites (tertiary alicyclic amines) is 1. The van der Waals surface area contributed by atoms with Gasteiger partial charge in [-0.25, -0.2) is 4.79 Å². The number of carbonyl (C=O) groups is 3. The van der Waals surface area contributed by atoms with Crippen LogP contribution in [0, 0.1) is 5.41 Å². The zero-order valence-corrected chi connectivity index (χ0v) is 17.3. The molecular weight excluding hydrogens is 398 g/mol. The second kappa shape index (κ2) is 7.84. The first-order valence-corrected chi connectivity index (χ1v) is 9.98. The van der Waals surface area contributed by atoms with Gasteiger partial charge in [-0.15, -0.1) is 0 Å². The van der Waals surface area contributed by atoms with Crippen molar-refractivity contribution in [1.29, 1.82) is 0 Å². The fraction of sp³-hybridized carbons (Fsp3) is 0.550. The molecule has 0 bridgehead atoms. The topological polar surface area (TPSA) is 119 Å². The maximum Gasteiger partial charge on any atom is 0.404 e. The molecule has 1 heterocycles. The molecule has 29 heavy (non-hydrogen) atoms. The molecule has 2 fully saturated rings. The maximum atomic E-state index is 12.8. The van der Waals surface area contributed by atoms with E-state index in [2.05, 4.69) is 10.6 Å². The normalized spacial score (nSPS) is 24.8. The summed E-state index contributed by atoms with van der Waals surface area (Å²) in [5.41, 5.74) is -0.470. The van der Waals surface area contributed by atoms with Gasteiger partial charge in [-0.1, -0.05) is 31.5 Å². The quantitative estimate of drug-likeness (QED) is 0.557. The molecule has 4 N–H and O–H groups in total. The Bertz CT molecular complexity index is 843. The first-order valence-electron chi connectivity index (χ1n) is 9.60. The van der Waals surface area contributed by atoms with Crippen LogP contribution in [0.5, 0.6) is 0 Å². The number of hydrogen-bond acceptors (Lipinski definition) is 4. The lowest BCUT2D eigenvalue weighted by Crippen LogP contribution is -2.50. The van der Waals surface area contributed by atoms with Crippen molar-refractivity contribution in [1.82, 2.24) is 15.5 Å². The number of benzene rings is 1. The Morgan fingerprint density at radius 2 is 1.86 bits per heavy atom. The van der Waals surface area contributed by atoms with Crippen LogP contribution < -0.4 is 10.6 Å². The molecule has 8 nitrogen and oxygen atoms in total. The number of hydrogen-bond donors (Lipinski definition) is 4. The largest absolute Gasteiger partial charge is 0.465 e. The van der Waals surface area contributed by atoms with Gasteiger partial charge in [-0.2, -0.15) is 0 Å². The third-order valence-corrected chi connectivity index (χ3v) is 6.15. The summed E-state index contributed by atoms with van der Waals surface area (Å²) in [5.74, 6) is -0.677. The molecule has 1 saturated carbocycles. The van der Waals surface area contributed by atoms with Crippen LogP contribution in [0.15, 0.2) is 18.2 Å². The highest BCUT2D eigenvalue weighted by Gasteiger charge is 2.67. The molecule has 9 heteroatoms. The minimum Gasteiger partial charge on any atom is -0.465 e. The number of amides is 3. The van der Waals surface area contributed by atoms with E-state index in [-0.39, 0.29) is 24.9 Å². The summed E-state index contributed by atoms with van der Waals surface area (Å²) in [6.07, 6.45) is 0.491. The molecule has 1 aliphatic heterocycles. The summed E-state index contributed by atoms with van der Waals surface area (Å²) in [6, 6.07) is 4.41. The molecule has 1 aliphatic carbocycles. The van der Waals surface area contributed by atoms with Gasteiger partial charge in [0.2, 0.25) is 5.91 Å². The predicted molar refractivity (Wildman–Crippen MR) is 106 cm³/mol. The number of rotatable bonds is 6. The van der Waals surface area contributed by atoms with E-state index in [1.54, 1.807) is 18.2 Å². The summed E-state index contributed by atoms with van der Waals surface area (Å²) in [7, 11) is 0. The summed E-state index contributed by atoms with van der Waals surface area (Å²) >= 11 is 6.04. The van der Waals surface area contributed by atoms with E-state index in [4.69, 9.17) is 16.7 Å². The molecule has 158 valence electrons. The molecule has 0 spiro atoms. The summed E-state index contributed by atoms with van der Waals surface area (Å²) in [4.78, 5) is 37.8. The second-order valence-corrected chi connectivity index (χ2v) is 8.80. The van der Waals surface area contributed by atoms with E-state index >= 15 is 0 Å². The first kappa shape index (κ1) is 21.4. The number of aliphatic hydroxyl groups is 1. The Kier molecular flexibility index (Phi) is 5.78. The zero-order chi connectivity index (χ0) is 21.4. The van der Waals surface area contributed by atoms with Crippen LogP contribution in [-0.4, -0.2) is 51.2 Å². The monoisotopic (exact) mass is 423 g/mol. The highest BCUT2D eigenvalue weighted by Crippen LogP contribution is 2.56. The Hall–Kier alpha value is -2.32. The zero-order valence-electron chi connectivity index (χ0n) is 16.5. The number of halogens is 1. The Morgan fingerprint density at radius 3 is 2.48 bits per heavy atom. The van der Waals surface area contributed by atoms with Crippen LogP contribution in [0.25, 0.3) is 0 Å². The van der Waals surface area contributed by atoms with Gasteiger partial charge in [-0.3, -0.25) is 9.59 Å². The van der Waals surface area contributed by atoms with Crippen molar-refractivity contribution in [2.75, 3.05) is 6.54 Å². The smallest absolute Gasteiger partial charge is 0.404 e. The molecule has 2 atom stereocenters. The van der Waals surface area contributed by atoms with Crippen molar-refractivity contribution in [3.63, 3.8) is 0 Å². The summed E-state index contributed by atoms with van der Waals surface area (Å²) in [6.45, 7) is 4.36. The molecule has 2 aliphatic rings. The van der Waals surface area contributed by atoms with Crippen LogP contribution in [0.2, 0.25) is 5.02 Å². The molecule has 1 saturated heterocycles. The van der Waals surface area contributed by atoms with Crippen LogP contribution in [0.4, 0.5) is 4.79 Å². The Labute approximate surface area is 174 Å². The second-order valence-electron chi connectivity index (χ2n) is 8.37. The minimum atomic E-state index is -1.39. The lowest BCUT2D eigenvalue weighted by atomic mass is 10.1. The average Bonchev–Trinajstić information content (AvgIpc) is 2.99. The van der Waals surface area contributed by atoms with E-state index in [1.165, 1.54) is 4.90 Å². The predicted octanol–water partition coefficient (Wildman–Crippen LogP) is 1.88. The third kappa shape index (κ3) is 4.33. The molecule has 0 radical (unpaired) electrons. The molecule has 1 unspecified atom stereocenters. The highest BCUT2D eigenvalue weighted by atomic mass is 35.5. The minimum absolute atomic E-state index is 0.0911. The van der Waals surface area contributed by atoms with Crippen molar-refractivity contribution in [2.45, 2.75) is 57.8 Å². The van der Waals surface area contributed by atoms with Gasteiger partial charge in [0.25, 0.3) is 5.91 Å². The number of nitrogens with one attached hydrogen (secondary N) is 2. The van der Waals surface area contributed by atoms with E-state index in [9.17, 15) is 19.5 Å². The van der Waals surface area contributed by atoms with Crippen LogP contribution >= 0.6 is 11.6 Å². The van der Waals surface area contributed by atoms with E-state index in [1.807, 2.05) is 13.8 Å². The summed E-state index contributed by atoms with van der Waals surface area (Å²) < 4.78 is 0. The van der Waals surface area contributed by atoms with Crippen LogP contribution in [-0.2, 0) is 22.7 Å². The first-order chi connectivity index (χ1) is 13.5. The van der Waals surface area contributed by atoms with E-state index in [0.29, 0.717) is 42.0 Å². The molecular formula is C20H26ClN3O5. The summed E-state index contributed by atoms with van der Waals surface area (Å²) in [5, 5.41) is 25.0. The van der Waals surface area contributed by atoms with Crippen molar-refractivity contribution >= 4 is 29.5 Å². The molecule has 3 rings (SSSR count). The van der Waals surface area contributed by atoms with Gasteiger partial charge in [0, 0.05) is 30.1 Å². The molecule has 1 aromatic carbocycles. The number of carboxylic acid groups (broad SMARTS) is 1. The highest BCUT2D eigenvalue weighted by molar-refractivity contribution is 6.30. The number of nitrogens with zero attached hydrogens (tertiary/aromatic N) is 1. The Morgan fingerprint density at radius 1 is 1.21 bits per heavy atom. The van der Waals surface area contributed by atoms with Gasteiger partial charge in [0.15, 0.2) is 0 Å². The van der Waals surface area contributed by atoms with E-state index < -0.39 is 23.2 Å². The SMILES string of the molecule is CC1(C)C[C@]1(O)C(=O)N1CCCC1C(=O)NCc1cc(Cl)ccc1CNC(=O)O. The van der Waals surface area contributed by atoms with Gasteiger partial charge in [0.05, 0.1) is 0 Å². The molecule has 0 aromatic heterocycles. The standard InChI is InChI=1S/C20H26ClN3O5/c1-19(2)11-20(19,29)17(26)24-7-3-4-15(24)16(25)22-10-13-8-14(21)6-5-12(13)9-23-18(27)28/h5-6,8,15,23,29H,3-4,7,9-11H2,1-2H3,(H,22,25)(H,27,28)/t15?,20-/m0/s1. The van der Waals surface area contributed by atoms with Crippen LogP contribution in [0.3, 0.4) is 0 Å².